The molecule has 0 radical (unpaired) electrons. The van der Waals surface area contributed by atoms with Crippen LogP contribution in [0, 0.1) is 12.7 Å². The maximum Gasteiger partial charge on any atom is 0.224 e. The Morgan fingerprint density at radius 3 is 2.50 bits per heavy atom. The van der Waals surface area contributed by atoms with E-state index < -0.39 is 5.82 Å². The first-order valence-electron chi connectivity index (χ1n) is 9.11. The zero-order valence-corrected chi connectivity index (χ0v) is 17.1. The summed E-state index contributed by atoms with van der Waals surface area (Å²) in [5.74, 6) is 1.22. The molecule has 1 N–H and O–H groups in total. The molecule has 0 spiro atoms. The van der Waals surface area contributed by atoms with Crippen molar-refractivity contribution in [3.8, 4) is 22.9 Å². The van der Waals surface area contributed by atoms with Crippen molar-refractivity contribution in [1.29, 1.82) is 0 Å². The van der Waals surface area contributed by atoms with Gasteiger partial charge in [-0.3, -0.25) is 4.79 Å². The molecule has 0 aliphatic rings. The molecule has 0 fully saturated rings. The molecule has 3 aromatic rings. The third-order valence-corrected chi connectivity index (χ3v) is 4.49. The van der Waals surface area contributed by atoms with Crippen LogP contribution in [0.15, 0.2) is 30.3 Å². The molecule has 0 saturated heterocycles. The molecule has 0 saturated carbocycles. The van der Waals surface area contributed by atoms with Crippen LogP contribution in [-0.2, 0) is 11.2 Å². The van der Waals surface area contributed by atoms with Gasteiger partial charge in [-0.25, -0.2) is 4.39 Å². The van der Waals surface area contributed by atoms with Crippen molar-refractivity contribution in [2.24, 2.45) is 0 Å². The number of anilines is 1. The average Bonchev–Trinajstić information content (AvgIpc) is 3.18. The molecule has 1 heterocycles. The van der Waals surface area contributed by atoms with Crippen LogP contribution >= 0.6 is 0 Å². The number of carbonyl (C=O) groups is 1. The van der Waals surface area contributed by atoms with Crippen LogP contribution in [0.5, 0.6) is 17.2 Å². The molecule has 9 nitrogen and oxygen atoms in total. The molecular weight excluding hydrogens is 393 g/mol. The van der Waals surface area contributed by atoms with Crippen LogP contribution in [0.4, 0.5) is 10.1 Å². The second-order valence-corrected chi connectivity index (χ2v) is 6.35. The highest BCUT2D eigenvalue weighted by atomic mass is 19.1. The third-order valence-electron chi connectivity index (χ3n) is 4.49. The van der Waals surface area contributed by atoms with Crippen molar-refractivity contribution in [1.82, 2.24) is 20.2 Å². The van der Waals surface area contributed by atoms with E-state index in [1.54, 1.807) is 13.0 Å². The van der Waals surface area contributed by atoms with E-state index in [-0.39, 0.29) is 18.0 Å². The van der Waals surface area contributed by atoms with Gasteiger partial charge in [0, 0.05) is 12.1 Å². The smallest absolute Gasteiger partial charge is 0.224 e. The number of halogens is 1. The lowest BCUT2D eigenvalue weighted by Gasteiger charge is -2.15. The number of amides is 1. The van der Waals surface area contributed by atoms with E-state index in [9.17, 15) is 9.18 Å². The average molecular weight is 415 g/mol. The molecule has 3 rings (SSSR count). The fourth-order valence-corrected chi connectivity index (χ4v) is 3.04. The summed E-state index contributed by atoms with van der Waals surface area (Å²) < 4.78 is 31.5. The molecule has 2 aromatic carbocycles. The van der Waals surface area contributed by atoms with Crippen LogP contribution in [0.3, 0.4) is 0 Å². The lowest BCUT2D eigenvalue weighted by atomic mass is 10.1. The number of nitrogens with zero attached hydrogens (tertiary/aromatic N) is 4. The molecule has 1 aromatic heterocycles. The monoisotopic (exact) mass is 415 g/mol. The number of hydrogen-bond donors (Lipinski definition) is 1. The summed E-state index contributed by atoms with van der Waals surface area (Å²) in [4.78, 5) is 12.5. The molecule has 0 unspecified atom stereocenters. The van der Waals surface area contributed by atoms with Crippen LogP contribution in [0.1, 0.15) is 17.8 Å². The number of rotatable bonds is 8. The minimum atomic E-state index is -0.501. The van der Waals surface area contributed by atoms with Gasteiger partial charge in [0.05, 0.1) is 21.3 Å². The van der Waals surface area contributed by atoms with Crippen molar-refractivity contribution in [2.45, 2.75) is 19.8 Å². The first-order valence-corrected chi connectivity index (χ1v) is 9.11. The van der Waals surface area contributed by atoms with Crippen molar-refractivity contribution < 1.29 is 23.4 Å². The Kier molecular flexibility index (Phi) is 6.45. The van der Waals surface area contributed by atoms with Gasteiger partial charge in [-0.05, 0) is 53.6 Å². The van der Waals surface area contributed by atoms with Crippen LogP contribution < -0.4 is 19.5 Å². The van der Waals surface area contributed by atoms with E-state index in [1.807, 2.05) is 6.07 Å². The molecule has 158 valence electrons. The number of nitrogens with one attached hydrogen (secondary N) is 1. The number of aryl methyl sites for hydroxylation is 2. The van der Waals surface area contributed by atoms with E-state index in [4.69, 9.17) is 14.2 Å². The highest BCUT2D eigenvalue weighted by molar-refractivity contribution is 5.91. The lowest BCUT2D eigenvalue weighted by Crippen LogP contribution is -2.13. The minimum Gasteiger partial charge on any atom is -0.493 e. The Hall–Kier alpha value is -3.69. The molecule has 10 heteroatoms. The van der Waals surface area contributed by atoms with E-state index >= 15 is 0 Å². The number of carbonyl (C=O) groups excluding carboxylic acids is 1. The second-order valence-electron chi connectivity index (χ2n) is 6.35. The first kappa shape index (κ1) is 21.0. The standard InChI is InChI=1S/C20H22FN5O4/c1-12-23-24-25-26(12)16-11-14(7-8-15(16)21)22-18(27)10-6-13-5-9-17(28-2)20(30-4)19(13)29-3/h5,7-9,11H,6,10H2,1-4H3,(H,22,27). The van der Waals surface area contributed by atoms with Gasteiger partial charge in [-0.2, -0.15) is 4.68 Å². The Morgan fingerprint density at radius 2 is 1.87 bits per heavy atom. The van der Waals surface area contributed by atoms with Crippen molar-refractivity contribution in [3.63, 3.8) is 0 Å². The van der Waals surface area contributed by atoms with Crippen LogP contribution in [0.2, 0.25) is 0 Å². The van der Waals surface area contributed by atoms with Crippen LogP contribution in [-0.4, -0.2) is 47.4 Å². The zero-order valence-electron chi connectivity index (χ0n) is 17.1. The molecular formula is C20H22FN5O4. The maximum absolute atomic E-state index is 14.2. The number of methoxy groups -OCH3 is 3. The maximum atomic E-state index is 14.2. The van der Waals surface area contributed by atoms with Crippen molar-refractivity contribution in [2.75, 3.05) is 26.6 Å². The summed E-state index contributed by atoms with van der Waals surface area (Å²) in [6, 6.07) is 7.80. The summed E-state index contributed by atoms with van der Waals surface area (Å²) >= 11 is 0. The molecule has 0 atom stereocenters. The molecule has 1 amide bonds. The molecule has 0 aliphatic heterocycles. The van der Waals surface area contributed by atoms with E-state index in [0.29, 0.717) is 35.2 Å². The Morgan fingerprint density at radius 1 is 1.10 bits per heavy atom. The van der Waals surface area contributed by atoms with Gasteiger partial charge in [0.2, 0.25) is 11.7 Å². The van der Waals surface area contributed by atoms with Gasteiger partial charge >= 0.3 is 0 Å². The molecule has 30 heavy (non-hydrogen) atoms. The Balaban J connectivity index is 1.72. The van der Waals surface area contributed by atoms with E-state index in [2.05, 4.69) is 20.8 Å². The number of tetrazole rings is 1. The van der Waals surface area contributed by atoms with Gasteiger partial charge in [0.25, 0.3) is 0 Å². The van der Waals surface area contributed by atoms with Crippen molar-refractivity contribution >= 4 is 11.6 Å². The van der Waals surface area contributed by atoms with Crippen molar-refractivity contribution in [3.05, 3.63) is 47.5 Å². The van der Waals surface area contributed by atoms with Crippen LogP contribution in [0.25, 0.3) is 5.69 Å². The fourth-order valence-electron chi connectivity index (χ4n) is 3.04. The van der Waals surface area contributed by atoms with Gasteiger partial charge in [-0.1, -0.05) is 6.07 Å². The second kappa shape index (κ2) is 9.21. The largest absolute Gasteiger partial charge is 0.493 e. The number of benzene rings is 2. The lowest BCUT2D eigenvalue weighted by molar-refractivity contribution is -0.116. The predicted molar refractivity (Wildman–Crippen MR) is 107 cm³/mol. The summed E-state index contributed by atoms with van der Waals surface area (Å²) in [6.45, 7) is 1.65. The summed E-state index contributed by atoms with van der Waals surface area (Å²) in [7, 11) is 4.59. The van der Waals surface area contributed by atoms with Gasteiger partial charge in [0.15, 0.2) is 17.3 Å². The summed E-state index contributed by atoms with van der Waals surface area (Å²) in [5, 5.41) is 13.8. The van der Waals surface area contributed by atoms with Gasteiger partial charge in [0.1, 0.15) is 11.5 Å². The number of ether oxygens (including phenoxy) is 3. The summed E-state index contributed by atoms with van der Waals surface area (Å²) in [6.07, 6.45) is 0.595. The first-order chi connectivity index (χ1) is 14.5. The number of hydrogen-bond acceptors (Lipinski definition) is 7. The highest BCUT2D eigenvalue weighted by Crippen LogP contribution is 2.40. The normalized spacial score (nSPS) is 10.6. The zero-order chi connectivity index (χ0) is 21.7. The fraction of sp³-hybridized carbons (Fsp3) is 0.300. The Bertz CT molecular complexity index is 1050. The topological polar surface area (TPSA) is 100 Å². The molecule has 0 aliphatic carbocycles. The SMILES string of the molecule is COc1ccc(CCC(=O)Nc2ccc(F)c(-n3nnnc3C)c2)c(OC)c1OC. The van der Waals surface area contributed by atoms with E-state index in [1.165, 1.54) is 44.2 Å². The minimum absolute atomic E-state index is 0.150. The summed E-state index contributed by atoms with van der Waals surface area (Å²) in [5.41, 5.74) is 1.39. The highest BCUT2D eigenvalue weighted by Gasteiger charge is 2.17. The molecule has 0 bridgehead atoms. The van der Waals surface area contributed by atoms with Gasteiger partial charge in [-0.15, -0.1) is 5.10 Å². The predicted octanol–water partition coefficient (Wildman–Crippen LogP) is 2.71. The third kappa shape index (κ3) is 4.32. The Labute approximate surface area is 172 Å². The number of aromatic nitrogens is 4. The quantitative estimate of drug-likeness (QED) is 0.604. The van der Waals surface area contributed by atoms with Gasteiger partial charge < -0.3 is 19.5 Å². The van der Waals surface area contributed by atoms with E-state index in [0.717, 1.165) is 5.56 Å².